The van der Waals surface area contributed by atoms with Crippen molar-refractivity contribution in [3.63, 3.8) is 0 Å². The highest BCUT2D eigenvalue weighted by molar-refractivity contribution is 6.30. The number of carbonyl (C=O) groups is 2. The second kappa shape index (κ2) is 11.3. The zero-order valence-corrected chi connectivity index (χ0v) is 21.2. The Hall–Kier alpha value is -4.51. The summed E-state index contributed by atoms with van der Waals surface area (Å²) in [5.41, 5.74) is 9.75. The first-order valence-electron chi connectivity index (χ1n) is 12.2. The van der Waals surface area contributed by atoms with E-state index in [0.717, 1.165) is 49.2 Å². The zero-order valence-electron chi connectivity index (χ0n) is 20.4. The lowest BCUT2D eigenvalue weighted by Gasteiger charge is -2.17. The zero-order chi connectivity index (χ0) is 26.5. The highest BCUT2D eigenvalue weighted by Gasteiger charge is 2.19. The molecule has 4 aromatic rings. The SMILES string of the molecule is NC(=O)c1ccc2c(c1)NCCCCC[C@H](NC(=O)C=Cc1cc(Cl)ccc1-n1cnnn1)c1ncc-2[nH]1. The van der Waals surface area contributed by atoms with Crippen LogP contribution in [0.1, 0.15) is 53.5 Å². The fraction of sp³-hybridized carbons (Fsp3) is 0.231. The maximum absolute atomic E-state index is 13.0. The van der Waals surface area contributed by atoms with Crippen molar-refractivity contribution in [2.24, 2.45) is 5.73 Å². The highest BCUT2D eigenvalue weighted by atomic mass is 35.5. The Labute approximate surface area is 223 Å². The minimum absolute atomic E-state index is 0.268. The predicted octanol–water partition coefficient (Wildman–Crippen LogP) is 3.66. The average Bonchev–Trinajstić information content (AvgIpc) is 3.61. The van der Waals surface area contributed by atoms with Crippen molar-refractivity contribution in [2.45, 2.75) is 31.7 Å². The van der Waals surface area contributed by atoms with Crippen LogP contribution < -0.4 is 16.4 Å². The van der Waals surface area contributed by atoms with Gasteiger partial charge >= 0.3 is 0 Å². The number of aromatic nitrogens is 6. The van der Waals surface area contributed by atoms with Crippen molar-refractivity contribution in [3.05, 3.63) is 77.0 Å². The number of benzene rings is 2. The minimum atomic E-state index is -0.482. The van der Waals surface area contributed by atoms with E-state index >= 15 is 0 Å². The number of rotatable bonds is 5. The molecule has 0 spiro atoms. The summed E-state index contributed by atoms with van der Waals surface area (Å²) in [6, 6.07) is 10.2. The molecule has 5 N–H and O–H groups in total. The summed E-state index contributed by atoms with van der Waals surface area (Å²) in [5.74, 6) is -0.0927. The summed E-state index contributed by atoms with van der Waals surface area (Å²) in [7, 11) is 0. The fourth-order valence-corrected chi connectivity index (χ4v) is 4.58. The Morgan fingerprint density at radius 3 is 2.87 bits per heavy atom. The molecule has 2 aromatic heterocycles. The average molecular weight is 532 g/mol. The fourth-order valence-electron chi connectivity index (χ4n) is 4.40. The molecule has 3 heterocycles. The molecule has 11 nitrogen and oxygen atoms in total. The lowest BCUT2D eigenvalue weighted by Crippen LogP contribution is -2.27. The van der Waals surface area contributed by atoms with Gasteiger partial charge in [0.05, 0.1) is 23.6 Å². The Bertz CT molecular complexity index is 1480. The van der Waals surface area contributed by atoms with Crippen molar-refractivity contribution in [1.82, 2.24) is 35.5 Å². The van der Waals surface area contributed by atoms with E-state index in [4.69, 9.17) is 17.3 Å². The molecular weight excluding hydrogens is 506 g/mol. The number of tetrazole rings is 1. The number of hydrogen-bond donors (Lipinski definition) is 4. The van der Waals surface area contributed by atoms with Crippen LogP contribution >= 0.6 is 11.6 Å². The van der Waals surface area contributed by atoms with E-state index in [0.29, 0.717) is 27.7 Å². The highest BCUT2D eigenvalue weighted by Crippen LogP contribution is 2.30. The number of hydrogen-bond acceptors (Lipinski definition) is 7. The number of carbonyl (C=O) groups excluding carboxylic acids is 2. The number of fused-ring (bicyclic) bond motifs is 4. The van der Waals surface area contributed by atoms with Crippen LogP contribution in [0.5, 0.6) is 0 Å². The molecule has 0 radical (unpaired) electrons. The summed E-state index contributed by atoms with van der Waals surface area (Å²) in [4.78, 5) is 32.6. The number of nitrogens with zero attached hydrogens (tertiary/aromatic N) is 5. The van der Waals surface area contributed by atoms with Gasteiger partial charge in [-0.25, -0.2) is 4.98 Å². The molecule has 0 fully saturated rings. The number of nitrogens with one attached hydrogen (secondary N) is 3. The third-order valence-corrected chi connectivity index (χ3v) is 6.56. The van der Waals surface area contributed by atoms with E-state index in [1.54, 1.807) is 42.6 Å². The van der Waals surface area contributed by atoms with E-state index in [1.807, 2.05) is 6.07 Å². The molecule has 5 rings (SSSR count). The molecule has 2 bridgehead atoms. The van der Waals surface area contributed by atoms with E-state index < -0.39 is 5.91 Å². The topological polar surface area (TPSA) is 156 Å². The summed E-state index contributed by atoms with van der Waals surface area (Å²) in [6.45, 7) is 0.749. The maximum Gasteiger partial charge on any atom is 0.248 e. The molecule has 12 heteroatoms. The molecule has 1 aliphatic heterocycles. The van der Waals surface area contributed by atoms with Gasteiger partial charge in [-0.3, -0.25) is 9.59 Å². The molecule has 0 aliphatic carbocycles. The van der Waals surface area contributed by atoms with Crippen LogP contribution in [0.25, 0.3) is 23.0 Å². The van der Waals surface area contributed by atoms with E-state index in [2.05, 4.69) is 36.1 Å². The van der Waals surface area contributed by atoms with Gasteiger partial charge in [0.2, 0.25) is 11.8 Å². The second-order valence-electron chi connectivity index (χ2n) is 8.93. The summed E-state index contributed by atoms with van der Waals surface area (Å²) in [6.07, 6.45) is 9.88. The molecule has 2 aromatic carbocycles. The van der Waals surface area contributed by atoms with Crippen LogP contribution in [0.3, 0.4) is 0 Å². The lowest BCUT2D eigenvalue weighted by molar-refractivity contribution is -0.117. The lowest BCUT2D eigenvalue weighted by atomic mass is 10.0. The molecule has 0 saturated carbocycles. The Morgan fingerprint density at radius 1 is 1.16 bits per heavy atom. The normalized spacial score (nSPS) is 15.7. The first kappa shape index (κ1) is 25.2. The van der Waals surface area contributed by atoms with Crippen LogP contribution in [0.4, 0.5) is 5.69 Å². The van der Waals surface area contributed by atoms with Crippen LogP contribution in [0.2, 0.25) is 5.02 Å². The Kier molecular flexibility index (Phi) is 7.45. The van der Waals surface area contributed by atoms with Crippen LogP contribution in [0, 0.1) is 0 Å². The monoisotopic (exact) mass is 531 g/mol. The largest absolute Gasteiger partial charge is 0.384 e. The second-order valence-corrected chi connectivity index (χ2v) is 9.37. The molecule has 1 aliphatic rings. The van der Waals surface area contributed by atoms with Gasteiger partial charge in [-0.2, -0.15) is 4.68 Å². The van der Waals surface area contributed by atoms with Gasteiger partial charge in [-0.1, -0.05) is 24.4 Å². The minimum Gasteiger partial charge on any atom is -0.384 e. The van der Waals surface area contributed by atoms with Crippen molar-refractivity contribution < 1.29 is 9.59 Å². The van der Waals surface area contributed by atoms with Crippen molar-refractivity contribution in [2.75, 3.05) is 11.9 Å². The molecule has 194 valence electrons. The van der Waals surface area contributed by atoms with Gasteiger partial charge in [-0.15, -0.1) is 5.10 Å². The Balaban J connectivity index is 1.38. The standard InChI is InChI=1S/C26H26ClN9O2/c27-18-7-9-23(36-15-31-34-35-36)16(12-18)6-10-24(37)32-20-4-2-1-3-11-29-21-13-17(25(28)38)5-8-19(21)22-14-30-26(20)33-22/h5-10,12-15,20,29H,1-4,11H2,(H2,28,38)(H,30,33)(H,32,37)/t20-/m0/s1. The molecular formula is C26H26ClN9O2. The van der Waals surface area contributed by atoms with Gasteiger partial charge in [0.15, 0.2) is 0 Å². The van der Waals surface area contributed by atoms with Crippen molar-refractivity contribution in [1.29, 1.82) is 0 Å². The summed E-state index contributed by atoms with van der Waals surface area (Å²) >= 11 is 6.19. The Morgan fingerprint density at radius 2 is 2.05 bits per heavy atom. The van der Waals surface area contributed by atoms with E-state index in [-0.39, 0.29) is 11.9 Å². The predicted molar refractivity (Wildman–Crippen MR) is 144 cm³/mol. The summed E-state index contributed by atoms with van der Waals surface area (Å²) in [5, 5.41) is 18.3. The molecule has 0 saturated heterocycles. The van der Waals surface area contributed by atoms with Gasteiger partial charge in [0.1, 0.15) is 12.2 Å². The van der Waals surface area contributed by atoms with Gasteiger partial charge < -0.3 is 21.4 Å². The molecule has 1 atom stereocenters. The molecule has 0 unspecified atom stereocenters. The third-order valence-electron chi connectivity index (χ3n) is 6.32. The first-order valence-corrected chi connectivity index (χ1v) is 12.6. The van der Waals surface area contributed by atoms with E-state index in [9.17, 15) is 9.59 Å². The van der Waals surface area contributed by atoms with Gasteiger partial charge in [0, 0.05) is 40.0 Å². The van der Waals surface area contributed by atoms with Crippen molar-refractivity contribution in [3.8, 4) is 16.9 Å². The number of imidazole rings is 1. The number of aromatic amines is 1. The molecule has 2 amide bonds. The van der Waals surface area contributed by atoms with Crippen molar-refractivity contribution >= 4 is 35.2 Å². The number of nitrogens with two attached hydrogens (primary N) is 1. The smallest absolute Gasteiger partial charge is 0.248 e. The van der Waals surface area contributed by atoms with Crippen LogP contribution in [-0.2, 0) is 4.79 Å². The molecule has 38 heavy (non-hydrogen) atoms. The first-order chi connectivity index (χ1) is 18.5. The van der Waals surface area contributed by atoms with Gasteiger partial charge in [0.25, 0.3) is 0 Å². The number of primary amides is 1. The summed E-state index contributed by atoms with van der Waals surface area (Å²) < 4.78 is 1.50. The maximum atomic E-state index is 13.0. The number of H-pyrrole nitrogens is 1. The quantitative estimate of drug-likeness (QED) is 0.286. The number of anilines is 1. The van der Waals surface area contributed by atoms with Gasteiger partial charge in [-0.05, 0) is 65.7 Å². The number of amides is 2. The van der Waals surface area contributed by atoms with Crippen LogP contribution in [0.15, 0.2) is 55.0 Å². The number of halogens is 1. The van der Waals surface area contributed by atoms with E-state index in [1.165, 1.54) is 17.1 Å². The van der Waals surface area contributed by atoms with Crippen LogP contribution in [-0.4, -0.2) is 48.5 Å². The third kappa shape index (κ3) is 5.73.